The van der Waals surface area contributed by atoms with Crippen LogP contribution in [0.1, 0.15) is 10.4 Å². The monoisotopic (exact) mass is 314 g/mol. The number of hydrogen-bond acceptors (Lipinski definition) is 5. The zero-order valence-corrected chi connectivity index (χ0v) is 11.4. The molecule has 1 aromatic carbocycles. The average Bonchev–Trinajstić information content (AvgIpc) is 2.87. The van der Waals surface area contributed by atoms with Crippen molar-refractivity contribution >= 4 is 29.2 Å². The molecule has 1 saturated heterocycles. The topological polar surface area (TPSA) is 119 Å². The van der Waals surface area contributed by atoms with Gasteiger partial charge in [0.1, 0.15) is 10.9 Å². The van der Waals surface area contributed by atoms with E-state index in [0.29, 0.717) is 0 Å². The highest BCUT2D eigenvalue weighted by Crippen LogP contribution is 2.25. The standard InChI is InChI=1S/C12H11ClN2O6/c13-8-2-1-6(3-10(8)15(19)20)11(16)14-9-5-21-4-7(9)12(17)18/h1-3,7,9H,4-5H2,(H,14,16)(H,17,18). The van der Waals surface area contributed by atoms with Crippen molar-refractivity contribution in [3.8, 4) is 0 Å². The van der Waals surface area contributed by atoms with Crippen LogP contribution in [0, 0.1) is 16.0 Å². The molecule has 1 aromatic rings. The van der Waals surface area contributed by atoms with Gasteiger partial charge in [0, 0.05) is 11.6 Å². The van der Waals surface area contributed by atoms with Crippen molar-refractivity contribution in [1.82, 2.24) is 5.32 Å². The first-order valence-electron chi connectivity index (χ1n) is 5.95. The van der Waals surface area contributed by atoms with Crippen LogP contribution < -0.4 is 5.32 Å². The molecule has 21 heavy (non-hydrogen) atoms. The summed E-state index contributed by atoms with van der Waals surface area (Å²) in [5.74, 6) is -2.52. The Bertz CT molecular complexity index is 605. The molecule has 0 radical (unpaired) electrons. The van der Waals surface area contributed by atoms with Crippen molar-refractivity contribution in [3.05, 3.63) is 38.9 Å². The average molecular weight is 315 g/mol. The molecule has 0 aromatic heterocycles. The predicted octanol–water partition coefficient (Wildman–Crippen LogP) is 1.08. The number of nitro benzene ring substituents is 1. The van der Waals surface area contributed by atoms with Crippen molar-refractivity contribution in [1.29, 1.82) is 0 Å². The highest BCUT2D eigenvalue weighted by atomic mass is 35.5. The van der Waals surface area contributed by atoms with Gasteiger partial charge < -0.3 is 15.2 Å². The van der Waals surface area contributed by atoms with Crippen molar-refractivity contribution in [2.24, 2.45) is 5.92 Å². The van der Waals surface area contributed by atoms with Gasteiger partial charge in [-0.25, -0.2) is 0 Å². The molecule has 1 heterocycles. The van der Waals surface area contributed by atoms with Crippen molar-refractivity contribution in [2.45, 2.75) is 6.04 Å². The Morgan fingerprint density at radius 1 is 1.43 bits per heavy atom. The number of nitrogens with zero attached hydrogens (tertiary/aromatic N) is 1. The van der Waals surface area contributed by atoms with Crippen molar-refractivity contribution in [2.75, 3.05) is 13.2 Å². The molecule has 9 heteroatoms. The van der Waals surface area contributed by atoms with Crippen LogP contribution in [0.2, 0.25) is 5.02 Å². The van der Waals surface area contributed by atoms with Gasteiger partial charge in [-0.05, 0) is 12.1 Å². The first-order valence-corrected chi connectivity index (χ1v) is 6.33. The molecule has 0 bridgehead atoms. The van der Waals surface area contributed by atoms with Gasteiger partial charge in [0.25, 0.3) is 11.6 Å². The lowest BCUT2D eigenvalue weighted by Gasteiger charge is -2.15. The summed E-state index contributed by atoms with van der Waals surface area (Å²) in [7, 11) is 0. The molecule has 112 valence electrons. The summed E-state index contributed by atoms with van der Waals surface area (Å²) in [5, 5.41) is 22.2. The number of nitrogens with one attached hydrogen (secondary N) is 1. The Balaban J connectivity index is 2.15. The molecule has 1 aliphatic rings. The fourth-order valence-electron chi connectivity index (χ4n) is 1.99. The van der Waals surface area contributed by atoms with Crippen LogP contribution in [0.3, 0.4) is 0 Å². The van der Waals surface area contributed by atoms with Gasteiger partial charge in [-0.3, -0.25) is 19.7 Å². The Hall–Kier alpha value is -2.19. The van der Waals surface area contributed by atoms with Gasteiger partial charge in [0.05, 0.1) is 24.2 Å². The molecule has 2 rings (SSSR count). The molecule has 2 N–H and O–H groups in total. The normalized spacial score (nSPS) is 21.0. The first kappa shape index (κ1) is 15.2. The van der Waals surface area contributed by atoms with Crippen LogP contribution in [0.4, 0.5) is 5.69 Å². The van der Waals surface area contributed by atoms with Gasteiger partial charge in [-0.2, -0.15) is 0 Å². The maximum Gasteiger partial charge on any atom is 0.311 e. The minimum absolute atomic E-state index is 0.0149. The lowest BCUT2D eigenvalue weighted by Crippen LogP contribution is -2.42. The molecular formula is C12H11ClN2O6. The smallest absolute Gasteiger partial charge is 0.311 e. The van der Waals surface area contributed by atoms with E-state index in [0.717, 1.165) is 6.07 Å². The molecule has 0 aliphatic carbocycles. The van der Waals surface area contributed by atoms with Gasteiger partial charge in [-0.1, -0.05) is 11.6 Å². The van der Waals surface area contributed by atoms with E-state index in [2.05, 4.69) is 5.32 Å². The second-order valence-corrected chi connectivity index (χ2v) is 4.89. The SMILES string of the molecule is O=C(NC1COCC1C(=O)O)c1ccc(Cl)c([N+](=O)[O-])c1. The van der Waals surface area contributed by atoms with Gasteiger partial charge in [-0.15, -0.1) is 0 Å². The van der Waals surface area contributed by atoms with Gasteiger partial charge >= 0.3 is 5.97 Å². The number of carboxylic acid groups (broad SMARTS) is 1. The summed E-state index contributed by atoms with van der Waals surface area (Å²) in [6, 6.07) is 2.94. The molecular weight excluding hydrogens is 304 g/mol. The molecule has 1 amide bonds. The third-order valence-corrected chi connectivity index (χ3v) is 3.44. The van der Waals surface area contributed by atoms with E-state index in [1.54, 1.807) is 0 Å². The molecule has 2 unspecified atom stereocenters. The van der Waals surface area contributed by atoms with Crippen LogP contribution in [-0.2, 0) is 9.53 Å². The van der Waals surface area contributed by atoms with E-state index in [1.807, 2.05) is 0 Å². The summed E-state index contributed by atoms with van der Waals surface area (Å²) >= 11 is 5.66. The number of amides is 1. The summed E-state index contributed by atoms with van der Waals surface area (Å²) < 4.78 is 5.02. The molecule has 2 atom stereocenters. The Morgan fingerprint density at radius 3 is 2.76 bits per heavy atom. The Morgan fingerprint density at radius 2 is 2.14 bits per heavy atom. The van der Waals surface area contributed by atoms with Crippen molar-refractivity contribution < 1.29 is 24.4 Å². The number of rotatable bonds is 4. The van der Waals surface area contributed by atoms with E-state index < -0.39 is 28.8 Å². The number of halogens is 1. The van der Waals surface area contributed by atoms with Crippen LogP contribution in [0.5, 0.6) is 0 Å². The Kier molecular flexibility index (Phi) is 4.39. The fraction of sp³-hybridized carbons (Fsp3) is 0.333. The summed E-state index contributed by atoms with van der Waals surface area (Å²) in [6.07, 6.45) is 0. The first-order chi connectivity index (χ1) is 9.90. The highest BCUT2D eigenvalue weighted by molar-refractivity contribution is 6.32. The minimum Gasteiger partial charge on any atom is -0.481 e. The summed E-state index contributed by atoms with van der Waals surface area (Å²) in [5.41, 5.74) is -0.357. The number of carbonyl (C=O) groups is 2. The maximum absolute atomic E-state index is 12.0. The zero-order chi connectivity index (χ0) is 15.6. The number of ether oxygens (including phenoxy) is 1. The maximum atomic E-state index is 12.0. The van der Waals surface area contributed by atoms with Crippen LogP contribution in [-0.4, -0.2) is 41.2 Å². The Labute approximate surface area is 123 Å². The van der Waals surface area contributed by atoms with Crippen LogP contribution in [0.15, 0.2) is 18.2 Å². The number of carboxylic acids is 1. The second-order valence-electron chi connectivity index (χ2n) is 4.49. The molecule has 8 nitrogen and oxygen atoms in total. The van der Waals surface area contributed by atoms with Crippen LogP contribution in [0.25, 0.3) is 0 Å². The van der Waals surface area contributed by atoms with E-state index in [-0.39, 0.29) is 29.5 Å². The van der Waals surface area contributed by atoms with E-state index in [4.69, 9.17) is 21.4 Å². The molecule has 1 fully saturated rings. The predicted molar refractivity (Wildman–Crippen MR) is 71.3 cm³/mol. The summed E-state index contributed by atoms with van der Waals surface area (Å²) in [4.78, 5) is 33.1. The number of benzene rings is 1. The lowest BCUT2D eigenvalue weighted by molar-refractivity contribution is -0.384. The number of hydrogen-bond donors (Lipinski definition) is 2. The van der Waals surface area contributed by atoms with E-state index in [1.165, 1.54) is 12.1 Å². The van der Waals surface area contributed by atoms with E-state index in [9.17, 15) is 19.7 Å². The minimum atomic E-state index is -1.07. The highest BCUT2D eigenvalue weighted by Gasteiger charge is 2.35. The second kappa shape index (κ2) is 6.06. The van der Waals surface area contributed by atoms with Gasteiger partial charge in [0.15, 0.2) is 0 Å². The zero-order valence-electron chi connectivity index (χ0n) is 10.6. The molecule has 0 saturated carbocycles. The third kappa shape index (κ3) is 3.29. The number of nitro groups is 1. The quantitative estimate of drug-likeness (QED) is 0.634. The van der Waals surface area contributed by atoms with E-state index >= 15 is 0 Å². The lowest BCUT2D eigenvalue weighted by atomic mass is 10.0. The summed E-state index contributed by atoms with van der Waals surface area (Å²) in [6.45, 7) is 0.0967. The fourth-order valence-corrected chi connectivity index (χ4v) is 2.17. The van der Waals surface area contributed by atoms with Crippen molar-refractivity contribution in [3.63, 3.8) is 0 Å². The van der Waals surface area contributed by atoms with Gasteiger partial charge in [0.2, 0.25) is 0 Å². The molecule has 1 aliphatic heterocycles. The number of aliphatic carboxylic acids is 1. The number of carbonyl (C=O) groups excluding carboxylic acids is 1. The van der Waals surface area contributed by atoms with Crippen LogP contribution >= 0.6 is 11.6 Å². The third-order valence-electron chi connectivity index (χ3n) is 3.12. The molecule has 0 spiro atoms. The largest absolute Gasteiger partial charge is 0.481 e.